The molecule has 0 saturated carbocycles. The van der Waals surface area contributed by atoms with Crippen LogP contribution in [0, 0.1) is 27.7 Å². The molecule has 3 aromatic rings. The molecule has 0 unspecified atom stereocenters. The van der Waals surface area contributed by atoms with E-state index >= 15 is 0 Å². The number of hydrogen-bond acceptors (Lipinski definition) is 4. The van der Waals surface area contributed by atoms with Gasteiger partial charge in [0.25, 0.3) is 5.91 Å². The molecule has 0 radical (unpaired) electrons. The first-order chi connectivity index (χ1) is 13.3. The summed E-state index contributed by atoms with van der Waals surface area (Å²) in [4.78, 5) is 26.3. The average Bonchev–Trinajstić information content (AvgIpc) is 2.99. The highest BCUT2D eigenvalue weighted by atomic mass is 32.1. The number of rotatable bonds is 4. The number of hydrogen-bond donors (Lipinski definition) is 1. The fraction of sp³-hybridized carbons (Fsp3) is 0.217. The Labute approximate surface area is 169 Å². The zero-order chi connectivity index (χ0) is 20.4. The van der Waals surface area contributed by atoms with Gasteiger partial charge in [-0.15, -0.1) is 11.3 Å². The number of methoxy groups -OCH3 is 1. The summed E-state index contributed by atoms with van der Waals surface area (Å²) in [5, 5.41) is 3.41. The number of thiophene rings is 1. The maximum Gasteiger partial charge on any atom is 0.341 e. The van der Waals surface area contributed by atoms with Crippen LogP contribution in [0.5, 0.6) is 0 Å². The number of aryl methyl sites for hydroxylation is 4. The van der Waals surface area contributed by atoms with Gasteiger partial charge in [0.1, 0.15) is 10.6 Å². The summed E-state index contributed by atoms with van der Waals surface area (Å²) in [5.41, 5.74) is 6.02. The number of anilines is 1. The molecule has 4 nitrogen and oxygen atoms in total. The lowest BCUT2D eigenvalue weighted by molar-refractivity contribution is 0.0603. The van der Waals surface area contributed by atoms with Gasteiger partial charge in [-0.3, -0.25) is 4.79 Å². The van der Waals surface area contributed by atoms with Gasteiger partial charge >= 0.3 is 5.97 Å². The van der Waals surface area contributed by atoms with E-state index in [2.05, 4.69) is 11.4 Å². The predicted molar refractivity (Wildman–Crippen MR) is 114 cm³/mol. The minimum Gasteiger partial charge on any atom is -0.465 e. The quantitative estimate of drug-likeness (QED) is 0.580. The maximum absolute atomic E-state index is 12.7. The maximum atomic E-state index is 12.7. The fourth-order valence-electron chi connectivity index (χ4n) is 3.14. The first kappa shape index (κ1) is 19.8. The van der Waals surface area contributed by atoms with Crippen LogP contribution in [0.3, 0.4) is 0 Å². The lowest BCUT2D eigenvalue weighted by atomic mass is 9.97. The second kappa shape index (κ2) is 7.98. The molecule has 144 valence electrons. The Hall–Kier alpha value is -2.92. The summed E-state index contributed by atoms with van der Waals surface area (Å²) in [6.45, 7) is 7.97. The summed E-state index contributed by atoms with van der Waals surface area (Å²) in [6.07, 6.45) is 0. The molecule has 0 spiro atoms. The van der Waals surface area contributed by atoms with Gasteiger partial charge in [-0.1, -0.05) is 35.9 Å². The Kier molecular flexibility index (Phi) is 5.66. The summed E-state index contributed by atoms with van der Waals surface area (Å²) in [5.74, 6) is -0.709. The zero-order valence-electron chi connectivity index (χ0n) is 16.7. The van der Waals surface area contributed by atoms with E-state index in [1.807, 2.05) is 58.0 Å². The molecule has 0 saturated heterocycles. The summed E-state index contributed by atoms with van der Waals surface area (Å²) in [6, 6.07) is 13.4. The largest absolute Gasteiger partial charge is 0.465 e. The van der Waals surface area contributed by atoms with Crippen LogP contribution < -0.4 is 5.32 Å². The summed E-state index contributed by atoms with van der Waals surface area (Å²) in [7, 11) is 1.35. The van der Waals surface area contributed by atoms with E-state index < -0.39 is 5.97 Å². The third-order valence-corrected chi connectivity index (χ3v) is 5.80. The van der Waals surface area contributed by atoms with Gasteiger partial charge < -0.3 is 10.1 Å². The normalized spacial score (nSPS) is 10.6. The van der Waals surface area contributed by atoms with Crippen molar-refractivity contribution in [2.24, 2.45) is 0 Å². The molecule has 0 bridgehead atoms. The first-order valence-electron chi connectivity index (χ1n) is 8.99. The Bertz CT molecular complexity index is 1070. The number of esters is 1. The summed E-state index contributed by atoms with van der Waals surface area (Å²) < 4.78 is 5.03. The number of benzene rings is 2. The monoisotopic (exact) mass is 393 g/mol. The van der Waals surface area contributed by atoms with Crippen molar-refractivity contribution in [1.29, 1.82) is 0 Å². The van der Waals surface area contributed by atoms with Gasteiger partial charge in [0.2, 0.25) is 0 Å². The number of nitrogens with one attached hydrogen (secondary N) is 1. The highest BCUT2D eigenvalue weighted by Crippen LogP contribution is 2.41. The van der Waals surface area contributed by atoms with E-state index in [-0.39, 0.29) is 5.91 Å². The molecule has 0 aliphatic heterocycles. The van der Waals surface area contributed by atoms with Crippen LogP contribution in [0.25, 0.3) is 11.1 Å². The minimum atomic E-state index is -0.461. The molecule has 0 atom stereocenters. The molecule has 0 aliphatic rings. The molecule has 0 fully saturated rings. The van der Waals surface area contributed by atoms with Gasteiger partial charge in [0.05, 0.1) is 7.11 Å². The number of ether oxygens (including phenoxy) is 1. The zero-order valence-corrected chi connectivity index (χ0v) is 17.5. The predicted octanol–water partition coefficient (Wildman–Crippen LogP) is 5.69. The van der Waals surface area contributed by atoms with Crippen LogP contribution in [-0.4, -0.2) is 19.0 Å². The van der Waals surface area contributed by atoms with Gasteiger partial charge in [-0.25, -0.2) is 4.79 Å². The lowest BCUT2D eigenvalue weighted by Gasteiger charge is -2.10. The van der Waals surface area contributed by atoms with Crippen molar-refractivity contribution in [1.82, 2.24) is 0 Å². The first-order valence-corrected chi connectivity index (χ1v) is 9.80. The molecule has 1 N–H and O–H groups in total. The molecule has 1 amide bonds. The molecular weight excluding hydrogens is 370 g/mol. The van der Waals surface area contributed by atoms with E-state index in [0.29, 0.717) is 16.1 Å². The highest BCUT2D eigenvalue weighted by Gasteiger charge is 2.25. The Morgan fingerprint density at radius 1 is 0.964 bits per heavy atom. The molecule has 0 aliphatic carbocycles. The number of amides is 1. The van der Waals surface area contributed by atoms with E-state index in [9.17, 15) is 9.59 Å². The van der Waals surface area contributed by atoms with Gasteiger partial charge in [-0.05, 0) is 56.5 Å². The molecule has 5 heteroatoms. The second-order valence-electron chi connectivity index (χ2n) is 6.85. The van der Waals surface area contributed by atoms with Crippen LogP contribution in [0.4, 0.5) is 5.00 Å². The standard InChI is InChI=1S/C23H23NO3S/c1-13-7-6-8-18(11-13)21(25)24-22-20(23(26)27-5)19(16(4)28-22)17-10-9-14(2)15(3)12-17/h6-12H,1-5H3,(H,24,25). The molecule has 1 heterocycles. The van der Waals surface area contributed by atoms with Crippen molar-refractivity contribution in [2.45, 2.75) is 27.7 Å². The van der Waals surface area contributed by atoms with E-state index in [1.165, 1.54) is 24.0 Å². The Morgan fingerprint density at radius 3 is 2.36 bits per heavy atom. The van der Waals surface area contributed by atoms with Crippen molar-refractivity contribution in [2.75, 3.05) is 12.4 Å². The molecular formula is C23H23NO3S. The van der Waals surface area contributed by atoms with Crippen LogP contribution >= 0.6 is 11.3 Å². The molecule has 3 rings (SSSR count). The SMILES string of the molecule is COC(=O)c1c(NC(=O)c2cccc(C)c2)sc(C)c1-c1ccc(C)c(C)c1. The fourth-order valence-corrected chi connectivity index (χ4v) is 4.20. The molecule has 28 heavy (non-hydrogen) atoms. The van der Waals surface area contributed by atoms with E-state index in [0.717, 1.165) is 27.1 Å². The smallest absolute Gasteiger partial charge is 0.341 e. The van der Waals surface area contributed by atoms with Crippen LogP contribution in [-0.2, 0) is 4.74 Å². The third-order valence-electron chi connectivity index (χ3n) is 4.78. The Balaban J connectivity index is 2.08. The summed E-state index contributed by atoms with van der Waals surface area (Å²) >= 11 is 1.38. The van der Waals surface area contributed by atoms with Gasteiger partial charge in [0.15, 0.2) is 0 Å². The number of carbonyl (C=O) groups is 2. The van der Waals surface area contributed by atoms with Crippen molar-refractivity contribution >= 4 is 28.2 Å². The molecule has 1 aromatic heterocycles. The van der Waals surface area contributed by atoms with Gasteiger partial charge in [0, 0.05) is 16.0 Å². The highest BCUT2D eigenvalue weighted by molar-refractivity contribution is 7.17. The van der Waals surface area contributed by atoms with Crippen molar-refractivity contribution in [3.05, 3.63) is 75.2 Å². The second-order valence-corrected chi connectivity index (χ2v) is 8.08. The van der Waals surface area contributed by atoms with Crippen LogP contribution in [0.1, 0.15) is 42.3 Å². The van der Waals surface area contributed by atoms with Gasteiger partial charge in [-0.2, -0.15) is 0 Å². The lowest BCUT2D eigenvalue weighted by Crippen LogP contribution is -2.14. The topological polar surface area (TPSA) is 55.4 Å². The van der Waals surface area contributed by atoms with Crippen molar-refractivity contribution < 1.29 is 14.3 Å². The van der Waals surface area contributed by atoms with E-state index in [1.54, 1.807) is 6.07 Å². The molecule has 2 aromatic carbocycles. The minimum absolute atomic E-state index is 0.248. The van der Waals surface area contributed by atoms with Crippen LogP contribution in [0.15, 0.2) is 42.5 Å². The van der Waals surface area contributed by atoms with E-state index in [4.69, 9.17) is 4.74 Å². The van der Waals surface area contributed by atoms with Crippen LogP contribution in [0.2, 0.25) is 0 Å². The van der Waals surface area contributed by atoms with Crippen molar-refractivity contribution in [3.63, 3.8) is 0 Å². The number of carbonyl (C=O) groups excluding carboxylic acids is 2. The average molecular weight is 394 g/mol. The third kappa shape index (κ3) is 3.85. The Morgan fingerprint density at radius 2 is 1.71 bits per heavy atom. The van der Waals surface area contributed by atoms with Crippen molar-refractivity contribution in [3.8, 4) is 11.1 Å².